The molecular formula is C19H18N4O2. The zero-order chi connectivity index (χ0) is 17.2. The Balaban J connectivity index is 1.59. The summed E-state index contributed by atoms with van der Waals surface area (Å²) < 4.78 is 5.04. The normalized spacial score (nSPS) is 16.3. The Kier molecular flexibility index (Phi) is 4.01. The number of nitrogens with one attached hydrogen (secondary N) is 1. The first kappa shape index (κ1) is 15.5. The van der Waals surface area contributed by atoms with Gasteiger partial charge in [0, 0.05) is 29.1 Å². The second kappa shape index (κ2) is 6.47. The van der Waals surface area contributed by atoms with Crippen molar-refractivity contribution in [2.75, 3.05) is 0 Å². The predicted molar refractivity (Wildman–Crippen MR) is 91.9 cm³/mol. The second-order valence-corrected chi connectivity index (χ2v) is 6.21. The number of fused-ring (bicyclic) bond motifs is 1. The summed E-state index contributed by atoms with van der Waals surface area (Å²) >= 11 is 0. The standard InChI is InChI=1S/C19H18N4O2/c1-12-10-17(25-23-12)19(24)22-16-9-5-8-15-14(16)11-20-18(21-15)13-6-3-2-4-7-13/h2-4,6-7,10-11,16H,5,8-9H2,1H3,(H,22,24)/t16-/m1/s1. The van der Waals surface area contributed by atoms with Gasteiger partial charge >= 0.3 is 0 Å². The molecule has 25 heavy (non-hydrogen) atoms. The van der Waals surface area contributed by atoms with Gasteiger partial charge in [-0.1, -0.05) is 35.5 Å². The van der Waals surface area contributed by atoms with Gasteiger partial charge in [0.25, 0.3) is 5.91 Å². The fourth-order valence-electron chi connectivity index (χ4n) is 3.12. The Hall–Kier alpha value is -3.02. The van der Waals surface area contributed by atoms with Crippen molar-refractivity contribution >= 4 is 5.91 Å². The third-order valence-electron chi connectivity index (χ3n) is 4.37. The molecule has 1 N–H and O–H groups in total. The summed E-state index contributed by atoms with van der Waals surface area (Å²) in [6.07, 6.45) is 4.56. The fourth-order valence-corrected chi connectivity index (χ4v) is 3.12. The van der Waals surface area contributed by atoms with Crippen LogP contribution in [0.3, 0.4) is 0 Å². The van der Waals surface area contributed by atoms with Crippen molar-refractivity contribution in [2.45, 2.75) is 32.2 Å². The smallest absolute Gasteiger partial charge is 0.290 e. The highest BCUT2D eigenvalue weighted by atomic mass is 16.5. The molecule has 0 spiro atoms. The molecule has 3 aromatic rings. The van der Waals surface area contributed by atoms with E-state index in [1.54, 1.807) is 13.0 Å². The molecule has 2 aromatic heterocycles. The lowest BCUT2D eigenvalue weighted by molar-refractivity contribution is 0.0895. The highest BCUT2D eigenvalue weighted by Gasteiger charge is 2.25. The first-order chi connectivity index (χ1) is 12.2. The monoisotopic (exact) mass is 334 g/mol. The van der Waals surface area contributed by atoms with Gasteiger partial charge in [-0.05, 0) is 26.2 Å². The van der Waals surface area contributed by atoms with Crippen LogP contribution in [0.25, 0.3) is 11.4 Å². The number of carbonyl (C=O) groups excluding carboxylic acids is 1. The van der Waals surface area contributed by atoms with E-state index in [0.29, 0.717) is 5.69 Å². The van der Waals surface area contributed by atoms with Crippen LogP contribution < -0.4 is 5.32 Å². The van der Waals surface area contributed by atoms with Crippen molar-refractivity contribution in [3.63, 3.8) is 0 Å². The Morgan fingerprint density at radius 2 is 2.12 bits per heavy atom. The number of aryl methyl sites for hydroxylation is 2. The summed E-state index contributed by atoms with van der Waals surface area (Å²) in [7, 11) is 0. The van der Waals surface area contributed by atoms with E-state index in [0.717, 1.165) is 41.9 Å². The van der Waals surface area contributed by atoms with E-state index in [1.807, 2.05) is 36.5 Å². The maximum Gasteiger partial charge on any atom is 0.290 e. The number of hydrogen-bond donors (Lipinski definition) is 1. The summed E-state index contributed by atoms with van der Waals surface area (Å²) in [6.45, 7) is 1.79. The highest BCUT2D eigenvalue weighted by molar-refractivity contribution is 5.91. The van der Waals surface area contributed by atoms with Crippen LogP contribution in [0.5, 0.6) is 0 Å². The molecule has 1 atom stereocenters. The zero-order valence-electron chi connectivity index (χ0n) is 13.9. The molecule has 1 amide bonds. The molecule has 6 nitrogen and oxygen atoms in total. The first-order valence-corrected chi connectivity index (χ1v) is 8.36. The summed E-state index contributed by atoms with van der Waals surface area (Å²) in [5.74, 6) is 0.689. The van der Waals surface area contributed by atoms with Crippen molar-refractivity contribution in [1.82, 2.24) is 20.4 Å². The molecule has 1 aromatic carbocycles. The predicted octanol–water partition coefficient (Wildman–Crippen LogP) is 3.25. The molecule has 0 radical (unpaired) electrons. The van der Waals surface area contributed by atoms with Gasteiger partial charge in [-0.2, -0.15) is 0 Å². The van der Waals surface area contributed by atoms with Crippen molar-refractivity contribution in [2.24, 2.45) is 0 Å². The van der Waals surface area contributed by atoms with E-state index in [1.165, 1.54) is 0 Å². The lowest BCUT2D eigenvalue weighted by Gasteiger charge is -2.25. The minimum atomic E-state index is -0.259. The summed E-state index contributed by atoms with van der Waals surface area (Å²) in [6, 6.07) is 11.4. The third kappa shape index (κ3) is 3.15. The Bertz CT molecular complexity index is 905. The Labute approximate surface area is 145 Å². The lowest BCUT2D eigenvalue weighted by Crippen LogP contribution is -2.31. The number of carbonyl (C=O) groups is 1. The number of aromatic nitrogens is 3. The van der Waals surface area contributed by atoms with Crippen LogP contribution in [0.1, 0.15) is 46.4 Å². The van der Waals surface area contributed by atoms with Gasteiger partial charge in [0.15, 0.2) is 5.82 Å². The number of rotatable bonds is 3. The molecule has 0 saturated heterocycles. The van der Waals surface area contributed by atoms with Crippen LogP contribution in [0.4, 0.5) is 0 Å². The minimum absolute atomic E-state index is 0.105. The third-order valence-corrected chi connectivity index (χ3v) is 4.37. The molecule has 2 heterocycles. The van der Waals surface area contributed by atoms with Crippen LogP contribution in [0, 0.1) is 6.92 Å². The maximum absolute atomic E-state index is 12.3. The van der Waals surface area contributed by atoms with E-state index >= 15 is 0 Å². The van der Waals surface area contributed by atoms with Gasteiger partial charge in [0.2, 0.25) is 5.76 Å². The second-order valence-electron chi connectivity index (χ2n) is 6.21. The maximum atomic E-state index is 12.3. The topological polar surface area (TPSA) is 80.9 Å². The fraction of sp³-hybridized carbons (Fsp3) is 0.263. The molecule has 0 fully saturated rings. The SMILES string of the molecule is Cc1cc(C(=O)N[C@@H]2CCCc3nc(-c4ccccc4)ncc32)on1. The molecular weight excluding hydrogens is 316 g/mol. The van der Waals surface area contributed by atoms with E-state index in [-0.39, 0.29) is 17.7 Å². The Morgan fingerprint density at radius 1 is 1.28 bits per heavy atom. The molecule has 6 heteroatoms. The average molecular weight is 334 g/mol. The molecule has 0 aliphatic heterocycles. The van der Waals surface area contributed by atoms with Gasteiger partial charge in [-0.3, -0.25) is 4.79 Å². The quantitative estimate of drug-likeness (QED) is 0.795. The molecule has 1 aliphatic rings. The molecule has 1 aliphatic carbocycles. The van der Waals surface area contributed by atoms with E-state index in [9.17, 15) is 4.79 Å². The van der Waals surface area contributed by atoms with Crippen LogP contribution >= 0.6 is 0 Å². The van der Waals surface area contributed by atoms with Crippen molar-refractivity contribution < 1.29 is 9.32 Å². The summed E-state index contributed by atoms with van der Waals surface area (Å²) in [4.78, 5) is 21.6. The molecule has 4 rings (SSSR count). The molecule has 126 valence electrons. The molecule has 0 saturated carbocycles. The van der Waals surface area contributed by atoms with Gasteiger partial charge in [-0.25, -0.2) is 9.97 Å². The van der Waals surface area contributed by atoms with E-state index in [4.69, 9.17) is 9.51 Å². The molecule has 0 bridgehead atoms. The van der Waals surface area contributed by atoms with Crippen LogP contribution in [-0.4, -0.2) is 21.0 Å². The van der Waals surface area contributed by atoms with Gasteiger partial charge in [0.05, 0.1) is 11.7 Å². The van der Waals surface area contributed by atoms with E-state index < -0.39 is 0 Å². The minimum Gasteiger partial charge on any atom is -0.351 e. The van der Waals surface area contributed by atoms with E-state index in [2.05, 4.69) is 15.5 Å². The van der Waals surface area contributed by atoms with Crippen LogP contribution in [0.2, 0.25) is 0 Å². The largest absolute Gasteiger partial charge is 0.351 e. The first-order valence-electron chi connectivity index (χ1n) is 8.36. The van der Waals surface area contributed by atoms with Crippen molar-refractivity contribution in [3.05, 3.63) is 65.3 Å². The highest BCUT2D eigenvalue weighted by Crippen LogP contribution is 2.29. The average Bonchev–Trinajstić information content (AvgIpc) is 3.09. The van der Waals surface area contributed by atoms with Gasteiger partial charge in [0.1, 0.15) is 0 Å². The number of benzene rings is 1. The number of hydrogen-bond acceptors (Lipinski definition) is 5. The molecule has 0 unspecified atom stereocenters. The van der Waals surface area contributed by atoms with Crippen LogP contribution in [-0.2, 0) is 6.42 Å². The van der Waals surface area contributed by atoms with Crippen molar-refractivity contribution in [1.29, 1.82) is 0 Å². The van der Waals surface area contributed by atoms with Gasteiger partial charge in [-0.15, -0.1) is 0 Å². The summed E-state index contributed by atoms with van der Waals surface area (Å²) in [5, 5.41) is 6.77. The Morgan fingerprint density at radius 3 is 2.88 bits per heavy atom. The number of nitrogens with zero attached hydrogens (tertiary/aromatic N) is 3. The zero-order valence-corrected chi connectivity index (χ0v) is 13.9. The lowest BCUT2D eigenvalue weighted by atomic mass is 9.92. The van der Waals surface area contributed by atoms with Crippen LogP contribution in [0.15, 0.2) is 47.1 Å². The van der Waals surface area contributed by atoms with Crippen molar-refractivity contribution in [3.8, 4) is 11.4 Å². The van der Waals surface area contributed by atoms with Gasteiger partial charge < -0.3 is 9.84 Å². The summed E-state index contributed by atoms with van der Waals surface area (Å²) in [5.41, 5.74) is 3.66. The number of amides is 1.